The fourth-order valence-electron chi connectivity index (χ4n) is 2.36. The van der Waals surface area contributed by atoms with E-state index in [4.69, 9.17) is 5.26 Å². The van der Waals surface area contributed by atoms with Gasteiger partial charge in [0.25, 0.3) is 0 Å². The minimum absolute atomic E-state index is 0.167. The van der Waals surface area contributed by atoms with Crippen LogP contribution in [0.3, 0.4) is 0 Å². The molecule has 0 bridgehead atoms. The van der Waals surface area contributed by atoms with Gasteiger partial charge in [-0.2, -0.15) is 5.26 Å². The van der Waals surface area contributed by atoms with Gasteiger partial charge in [-0.25, -0.2) is 0 Å². The van der Waals surface area contributed by atoms with E-state index in [9.17, 15) is 4.79 Å². The van der Waals surface area contributed by atoms with Gasteiger partial charge in [-0.1, -0.05) is 12.5 Å². The normalized spacial score (nSPS) is 15.5. The molecular formula is C14H12N2O. The molecule has 0 spiro atoms. The lowest BCUT2D eigenvalue weighted by atomic mass is 9.79. The molecule has 1 saturated carbocycles. The lowest BCUT2D eigenvalue weighted by molar-refractivity contribution is 0.0857. The van der Waals surface area contributed by atoms with E-state index in [1.807, 2.05) is 12.1 Å². The van der Waals surface area contributed by atoms with Crippen LogP contribution < -0.4 is 0 Å². The number of nitrogens with one attached hydrogen (secondary N) is 1. The fourth-order valence-corrected chi connectivity index (χ4v) is 2.36. The molecule has 0 aliphatic heterocycles. The lowest BCUT2D eigenvalue weighted by Crippen LogP contribution is -2.21. The summed E-state index contributed by atoms with van der Waals surface area (Å²) in [6.45, 7) is 0. The number of fused-ring (bicyclic) bond motifs is 1. The number of hydrogen-bond donors (Lipinski definition) is 1. The number of carbonyl (C=O) groups excluding carboxylic acids is 1. The van der Waals surface area contributed by atoms with Crippen LogP contribution >= 0.6 is 0 Å². The Kier molecular flexibility index (Phi) is 2.22. The van der Waals surface area contributed by atoms with Gasteiger partial charge in [0, 0.05) is 28.6 Å². The predicted molar refractivity (Wildman–Crippen MR) is 64.7 cm³/mol. The van der Waals surface area contributed by atoms with E-state index in [0.717, 1.165) is 30.2 Å². The molecule has 17 heavy (non-hydrogen) atoms. The van der Waals surface area contributed by atoms with Gasteiger partial charge in [-0.05, 0) is 25.0 Å². The molecule has 1 heterocycles. The maximum atomic E-state index is 12.2. The van der Waals surface area contributed by atoms with Crippen LogP contribution in [0.25, 0.3) is 10.9 Å². The first-order chi connectivity index (χ1) is 8.31. The van der Waals surface area contributed by atoms with Gasteiger partial charge in [0.2, 0.25) is 0 Å². The molecule has 1 aliphatic rings. The number of rotatable bonds is 2. The van der Waals surface area contributed by atoms with Crippen molar-refractivity contribution in [3.8, 4) is 6.07 Å². The average Bonchev–Trinajstić information content (AvgIpc) is 2.69. The summed E-state index contributed by atoms with van der Waals surface area (Å²) in [7, 11) is 0. The molecule has 0 atom stereocenters. The van der Waals surface area contributed by atoms with Crippen LogP contribution in [-0.2, 0) is 0 Å². The zero-order valence-corrected chi connectivity index (χ0v) is 9.36. The minimum Gasteiger partial charge on any atom is -0.360 e. The molecule has 1 aromatic carbocycles. The number of Topliss-reactive ketones (excluding diaryl/α,β-unsaturated/α-hetero) is 1. The monoisotopic (exact) mass is 224 g/mol. The van der Waals surface area contributed by atoms with Crippen LogP contribution in [0.2, 0.25) is 0 Å². The Hall–Kier alpha value is -2.08. The van der Waals surface area contributed by atoms with Crippen molar-refractivity contribution in [3.63, 3.8) is 0 Å². The Morgan fingerprint density at radius 1 is 1.41 bits per heavy atom. The second kappa shape index (κ2) is 3.74. The molecule has 0 unspecified atom stereocenters. The van der Waals surface area contributed by atoms with Crippen molar-refractivity contribution in [1.82, 2.24) is 4.98 Å². The molecule has 0 amide bonds. The average molecular weight is 224 g/mol. The van der Waals surface area contributed by atoms with Gasteiger partial charge in [-0.15, -0.1) is 0 Å². The molecule has 84 valence electrons. The van der Waals surface area contributed by atoms with Crippen molar-refractivity contribution in [2.75, 3.05) is 0 Å². The zero-order chi connectivity index (χ0) is 11.8. The van der Waals surface area contributed by atoms with Crippen molar-refractivity contribution in [2.24, 2.45) is 5.92 Å². The molecule has 1 N–H and O–H groups in total. The minimum atomic E-state index is 0.167. The summed E-state index contributed by atoms with van der Waals surface area (Å²) >= 11 is 0. The smallest absolute Gasteiger partial charge is 0.168 e. The lowest BCUT2D eigenvalue weighted by Gasteiger charge is -2.23. The van der Waals surface area contributed by atoms with Gasteiger partial charge in [0.05, 0.1) is 11.6 Å². The largest absolute Gasteiger partial charge is 0.360 e. The quantitative estimate of drug-likeness (QED) is 0.797. The molecule has 3 nitrogen and oxygen atoms in total. The van der Waals surface area contributed by atoms with E-state index in [1.165, 1.54) is 0 Å². The molecule has 1 aliphatic carbocycles. The highest BCUT2D eigenvalue weighted by atomic mass is 16.1. The Morgan fingerprint density at radius 2 is 2.24 bits per heavy atom. The summed E-state index contributed by atoms with van der Waals surface area (Å²) in [6, 6.07) is 7.64. The van der Waals surface area contributed by atoms with Crippen molar-refractivity contribution >= 4 is 16.7 Å². The van der Waals surface area contributed by atoms with Crippen LogP contribution in [0.5, 0.6) is 0 Å². The number of nitrogens with zero attached hydrogens (tertiary/aromatic N) is 1. The standard InChI is InChI=1S/C14H12N2O/c15-7-10-5-2-6-12-13(10)11(8-16-12)14(17)9-3-1-4-9/h2,5-6,8-9,16H,1,3-4H2. The second-order valence-corrected chi connectivity index (χ2v) is 4.53. The van der Waals surface area contributed by atoms with Crippen molar-refractivity contribution in [2.45, 2.75) is 19.3 Å². The Balaban J connectivity index is 2.16. The zero-order valence-electron chi connectivity index (χ0n) is 9.36. The highest BCUT2D eigenvalue weighted by Gasteiger charge is 2.28. The van der Waals surface area contributed by atoms with Gasteiger partial charge in [-0.3, -0.25) is 4.79 Å². The third-order valence-corrected chi connectivity index (χ3v) is 3.57. The first kappa shape index (κ1) is 10.1. The number of ketones is 1. The first-order valence-electron chi connectivity index (χ1n) is 5.85. The van der Waals surface area contributed by atoms with Gasteiger partial charge >= 0.3 is 0 Å². The predicted octanol–water partition coefficient (Wildman–Crippen LogP) is 3.02. The number of H-pyrrole nitrogens is 1. The molecule has 0 saturated heterocycles. The summed E-state index contributed by atoms with van der Waals surface area (Å²) in [6.07, 6.45) is 4.86. The van der Waals surface area contributed by atoms with Crippen molar-refractivity contribution < 1.29 is 4.79 Å². The number of benzene rings is 1. The third kappa shape index (κ3) is 1.45. The summed E-state index contributed by atoms with van der Waals surface area (Å²) in [5, 5.41) is 9.88. The number of hydrogen-bond acceptors (Lipinski definition) is 2. The van der Waals surface area contributed by atoms with Crippen LogP contribution in [-0.4, -0.2) is 10.8 Å². The number of aromatic nitrogens is 1. The molecule has 1 aromatic heterocycles. The maximum Gasteiger partial charge on any atom is 0.168 e. The van der Waals surface area contributed by atoms with E-state index in [2.05, 4.69) is 11.1 Å². The van der Waals surface area contributed by atoms with E-state index in [0.29, 0.717) is 11.1 Å². The van der Waals surface area contributed by atoms with Crippen LogP contribution in [0.4, 0.5) is 0 Å². The fraction of sp³-hybridized carbons (Fsp3) is 0.286. The molecule has 0 radical (unpaired) electrons. The van der Waals surface area contributed by atoms with Crippen LogP contribution in [0, 0.1) is 17.2 Å². The van der Waals surface area contributed by atoms with Crippen molar-refractivity contribution in [3.05, 3.63) is 35.5 Å². The van der Waals surface area contributed by atoms with Crippen LogP contribution in [0.15, 0.2) is 24.4 Å². The molecular weight excluding hydrogens is 212 g/mol. The maximum absolute atomic E-state index is 12.2. The molecule has 3 rings (SSSR count). The van der Waals surface area contributed by atoms with E-state index >= 15 is 0 Å². The second-order valence-electron chi connectivity index (χ2n) is 4.53. The van der Waals surface area contributed by atoms with Crippen LogP contribution in [0.1, 0.15) is 35.2 Å². The first-order valence-corrected chi connectivity index (χ1v) is 5.85. The SMILES string of the molecule is N#Cc1cccc2[nH]cc(C(=O)C3CCC3)c12. The number of nitriles is 1. The summed E-state index contributed by atoms with van der Waals surface area (Å²) < 4.78 is 0. The Morgan fingerprint density at radius 3 is 2.88 bits per heavy atom. The van der Waals surface area contributed by atoms with Gasteiger partial charge in [0.15, 0.2) is 5.78 Å². The van der Waals surface area contributed by atoms with Crippen molar-refractivity contribution in [1.29, 1.82) is 5.26 Å². The number of aromatic amines is 1. The third-order valence-electron chi connectivity index (χ3n) is 3.57. The Labute approximate surface area is 99.1 Å². The topological polar surface area (TPSA) is 56.6 Å². The summed E-state index contributed by atoms with van der Waals surface area (Å²) in [5.74, 6) is 0.353. The van der Waals surface area contributed by atoms with E-state index < -0.39 is 0 Å². The Bertz CT molecular complexity index is 629. The molecule has 3 heteroatoms. The molecule has 2 aromatic rings. The van der Waals surface area contributed by atoms with E-state index in [1.54, 1.807) is 12.3 Å². The highest BCUT2D eigenvalue weighted by molar-refractivity contribution is 6.10. The highest BCUT2D eigenvalue weighted by Crippen LogP contribution is 2.32. The molecule has 1 fully saturated rings. The van der Waals surface area contributed by atoms with Gasteiger partial charge in [0.1, 0.15) is 0 Å². The summed E-state index contributed by atoms with van der Waals surface area (Å²) in [4.78, 5) is 15.3. The number of carbonyl (C=O) groups is 1. The van der Waals surface area contributed by atoms with E-state index in [-0.39, 0.29) is 11.7 Å². The summed E-state index contributed by atoms with van der Waals surface area (Å²) in [5.41, 5.74) is 2.12. The van der Waals surface area contributed by atoms with Gasteiger partial charge < -0.3 is 4.98 Å².